The van der Waals surface area contributed by atoms with Crippen molar-refractivity contribution in [2.75, 3.05) is 25.4 Å². The van der Waals surface area contributed by atoms with Gasteiger partial charge in [-0.05, 0) is 31.5 Å². The van der Waals surface area contributed by atoms with E-state index in [4.69, 9.17) is 0 Å². The number of halogens is 1. The highest BCUT2D eigenvalue weighted by Crippen LogP contribution is 2.23. The summed E-state index contributed by atoms with van der Waals surface area (Å²) in [6.45, 7) is 2.22. The molecule has 0 radical (unpaired) electrons. The molecule has 1 heterocycles. The second-order valence-corrected chi connectivity index (χ2v) is 5.78. The van der Waals surface area contributed by atoms with E-state index in [9.17, 15) is 9.50 Å². The molecule has 1 N–H and O–H groups in total. The van der Waals surface area contributed by atoms with Crippen LogP contribution >= 0.6 is 11.8 Å². The molecule has 0 aromatic heterocycles. The fourth-order valence-corrected chi connectivity index (χ4v) is 3.32. The molecule has 0 bridgehead atoms. The molecule has 1 aromatic rings. The van der Waals surface area contributed by atoms with Gasteiger partial charge in [-0.15, -0.1) is 11.8 Å². The van der Waals surface area contributed by atoms with Crippen molar-refractivity contribution < 1.29 is 9.50 Å². The molecule has 2 rings (SSSR count). The second kappa shape index (κ2) is 7.12. The number of piperidine rings is 1. The SMILES string of the molecule is OCC1CCCCN1CCSc1ccccc1F. The maximum Gasteiger partial charge on any atom is 0.136 e. The zero-order valence-corrected chi connectivity index (χ0v) is 11.3. The number of nitrogens with zero attached hydrogens (tertiary/aromatic N) is 1. The third-order valence-corrected chi connectivity index (χ3v) is 4.46. The van der Waals surface area contributed by atoms with Crippen LogP contribution in [0.4, 0.5) is 4.39 Å². The predicted octanol–water partition coefficient (Wildman–Crippen LogP) is 2.76. The summed E-state index contributed by atoms with van der Waals surface area (Å²) < 4.78 is 13.4. The van der Waals surface area contributed by atoms with Crippen LogP contribution in [0.15, 0.2) is 29.2 Å². The van der Waals surface area contributed by atoms with E-state index in [-0.39, 0.29) is 12.4 Å². The highest BCUT2D eigenvalue weighted by atomic mass is 32.2. The van der Waals surface area contributed by atoms with Crippen LogP contribution < -0.4 is 0 Å². The summed E-state index contributed by atoms with van der Waals surface area (Å²) in [5.41, 5.74) is 0. The Morgan fingerprint density at radius 3 is 2.94 bits per heavy atom. The highest BCUT2D eigenvalue weighted by molar-refractivity contribution is 7.99. The summed E-state index contributed by atoms with van der Waals surface area (Å²) >= 11 is 1.55. The van der Waals surface area contributed by atoms with Gasteiger partial charge in [0.15, 0.2) is 0 Å². The van der Waals surface area contributed by atoms with Crippen LogP contribution in [0.3, 0.4) is 0 Å². The van der Waals surface area contributed by atoms with Crippen molar-refractivity contribution in [3.8, 4) is 0 Å². The Morgan fingerprint density at radius 1 is 1.33 bits per heavy atom. The number of thioether (sulfide) groups is 1. The van der Waals surface area contributed by atoms with E-state index in [1.807, 2.05) is 12.1 Å². The van der Waals surface area contributed by atoms with Crippen molar-refractivity contribution in [3.05, 3.63) is 30.1 Å². The van der Waals surface area contributed by atoms with Crippen molar-refractivity contribution in [2.24, 2.45) is 0 Å². The number of likely N-dealkylation sites (tertiary alicyclic amines) is 1. The standard InChI is InChI=1S/C14H20FNOS/c15-13-6-1-2-7-14(13)18-10-9-16-8-4-3-5-12(16)11-17/h1-2,6-7,12,17H,3-5,8-11H2. The third kappa shape index (κ3) is 3.70. The molecule has 1 aliphatic heterocycles. The van der Waals surface area contributed by atoms with Crippen LogP contribution in [0, 0.1) is 5.82 Å². The number of rotatable bonds is 5. The topological polar surface area (TPSA) is 23.5 Å². The van der Waals surface area contributed by atoms with E-state index < -0.39 is 0 Å². The predicted molar refractivity (Wildman–Crippen MR) is 73.4 cm³/mol. The van der Waals surface area contributed by atoms with Gasteiger partial charge in [0.2, 0.25) is 0 Å². The van der Waals surface area contributed by atoms with E-state index in [0.29, 0.717) is 6.04 Å². The molecule has 2 nitrogen and oxygen atoms in total. The summed E-state index contributed by atoms with van der Waals surface area (Å²) in [5, 5.41) is 9.31. The van der Waals surface area contributed by atoms with Gasteiger partial charge < -0.3 is 5.11 Å². The Kier molecular flexibility index (Phi) is 5.47. The largest absolute Gasteiger partial charge is 0.395 e. The maximum absolute atomic E-state index is 13.4. The summed E-state index contributed by atoms with van der Waals surface area (Å²) in [5.74, 6) is 0.733. The van der Waals surface area contributed by atoms with E-state index in [2.05, 4.69) is 4.90 Å². The van der Waals surface area contributed by atoms with Gasteiger partial charge >= 0.3 is 0 Å². The van der Waals surface area contributed by atoms with Crippen molar-refractivity contribution in [2.45, 2.75) is 30.2 Å². The first kappa shape index (κ1) is 13.8. The molecule has 1 aliphatic rings. The normalized spacial score (nSPS) is 21.1. The van der Waals surface area contributed by atoms with Crippen LogP contribution in [0.5, 0.6) is 0 Å². The minimum Gasteiger partial charge on any atom is -0.395 e. The molecule has 0 spiro atoms. The fourth-order valence-electron chi connectivity index (χ4n) is 2.40. The summed E-state index contributed by atoms with van der Waals surface area (Å²) in [7, 11) is 0. The zero-order valence-electron chi connectivity index (χ0n) is 10.5. The molecular formula is C14H20FNOS. The monoisotopic (exact) mass is 269 g/mol. The third-order valence-electron chi connectivity index (χ3n) is 3.43. The Hall–Kier alpha value is -0.580. The molecule has 4 heteroatoms. The average Bonchev–Trinajstić information content (AvgIpc) is 2.41. The number of hydrogen-bond donors (Lipinski definition) is 1. The van der Waals surface area contributed by atoms with E-state index >= 15 is 0 Å². The van der Waals surface area contributed by atoms with Crippen LogP contribution in [0.25, 0.3) is 0 Å². The summed E-state index contributed by atoms with van der Waals surface area (Å²) in [4.78, 5) is 3.05. The Balaban J connectivity index is 1.79. The molecule has 1 fully saturated rings. The van der Waals surface area contributed by atoms with Crippen molar-refractivity contribution in [3.63, 3.8) is 0 Å². The quantitative estimate of drug-likeness (QED) is 0.832. The van der Waals surface area contributed by atoms with Gasteiger partial charge in [-0.1, -0.05) is 18.6 Å². The lowest BCUT2D eigenvalue weighted by molar-refractivity contribution is 0.0962. The summed E-state index contributed by atoms with van der Waals surface area (Å²) in [6, 6.07) is 7.20. The van der Waals surface area contributed by atoms with Gasteiger partial charge in [0.1, 0.15) is 5.82 Å². The van der Waals surface area contributed by atoms with Gasteiger partial charge in [0.05, 0.1) is 6.61 Å². The lowest BCUT2D eigenvalue weighted by atomic mass is 10.0. The molecule has 1 aromatic carbocycles. The zero-order chi connectivity index (χ0) is 12.8. The minimum atomic E-state index is -0.139. The van der Waals surface area contributed by atoms with E-state index in [1.165, 1.54) is 18.9 Å². The molecular weight excluding hydrogens is 249 g/mol. The smallest absolute Gasteiger partial charge is 0.136 e. The molecule has 100 valence electrons. The fraction of sp³-hybridized carbons (Fsp3) is 0.571. The van der Waals surface area contributed by atoms with Crippen molar-refractivity contribution >= 4 is 11.8 Å². The molecule has 0 aliphatic carbocycles. The molecule has 18 heavy (non-hydrogen) atoms. The van der Waals surface area contributed by atoms with Crippen LogP contribution in [-0.2, 0) is 0 Å². The van der Waals surface area contributed by atoms with E-state index in [0.717, 1.165) is 30.2 Å². The van der Waals surface area contributed by atoms with Gasteiger partial charge in [-0.2, -0.15) is 0 Å². The van der Waals surface area contributed by atoms with E-state index in [1.54, 1.807) is 17.8 Å². The number of benzene rings is 1. The Labute approximate surface area is 112 Å². The van der Waals surface area contributed by atoms with Gasteiger partial charge in [-0.3, -0.25) is 4.90 Å². The van der Waals surface area contributed by atoms with Crippen LogP contribution in [0.2, 0.25) is 0 Å². The van der Waals surface area contributed by atoms with Gasteiger partial charge in [0, 0.05) is 23.2 Å². The average molecular weight is 269 g/mol. The molecule has 0 amide bonds. The number of aliphatic hydroxyl groups is 1. The maximum atomic E-state index is 13.4. The van der Waals surface area contributed by atoms with Crippen molar-refractivity contribution in [1.29, 1.82) is 0 Å². The second-order valence-electron chi connectivity index (χ2n) is 4.65. The lowest BCUT2D eigenvalue weighted by Gasteiger charge is -2.34. The molecule has 1 unspecified atom stereocenters. The van der Waals surface area contributed by atoms with Gasteiger partial charge in [-0.25, -0.2) is 4.39 Å². The molecule has 1 saturated heterocycles. The lowest BCUT2D eigenvalue weighted by Crippen LogP contribution is -2.42. The first-order valence-corrected chi connectivity index (χ1v) is 7.52. The van der Waals surface area contributed by atoms with Gasteiger partial charge in [0.25, 0.3) is 0 Å². The number of hydrogen-bond acceptors (Lipinski definition) is 3. The first-order chi connectivity index (χ1) is 8.81. The highest BCUT2D eigenvalue weighted by Gasteiger charge is 2.20. The molecule has 0 saturated carbocycles. The Bertz CT molecular complexity index is 375. The minimum absolute atomic E-state index is 0.139. The Morgan fingerprint density at radius 2 is 2.17 bits per heavy atom. The number of aliphatic hydroxyl groups excluding tert-OH is 1. The van der Waals surface area contributed by atoms with Crippen molar-refractivity contribution in [1.82, 2.24) is 4.90 Å². The molecule has 1 atom stereocenters. The van der Waals surface area contributed by atoms with Crippen LogP contribution in [0.1, 0.15) is 19.3 Å². The van der Waals surface area contributed by atoms with Crippen LogP contribution in [-0.4, -0.2) is 41.5 Å². The first-order valence-electron chi connectivity index (χ1n) is 6.53. The summed E-state index contributed by atoms with van der Waals surface area (Å²) in [6.07, 6.45) is 3.50.